The summed E-state index contributed by atoms with van der Waals surface area (Å²) in [5, 5.41) is 2.97. The zero-order valence-corrected chi connectivity index (χ0v) is 14.9. The minimum atomic E-state index is -0.0290. The molecule has 3 rings (SSSR count). The molecule has 130 valence electrons. The molecule has 5 nitrogen and oxygen atoms in total. The minimum absolute atomic E-state index is 0.0290. The standard InChI is InChI=1S/C20H23N3O2/c1-14-6-4-5-7-16(14)13-19(24)21-11-10-15-8-9-17-18(12-15)23(3)20(25)22(17)2/h4-9,12H,10-11,13H2,1-3H3,(H,21,24). The Bertz CT molecular complexity index is 982. The first kappa shape index (κ1) is 17.0. The molecule has 1 aromatic heterocycles. The molecule has 0 fully saturated rings. The number of imidazole rings is 1. The van der Waals surface area contributed by atoms with Crippen LogP contribution in [0.2, 0.25) is 0 Å². The largest absolute Gasteiger partial charge is 0.355 e. The number of aromatic nitrogens is 2. The number of hydrogen-bond acceptors (Lipinski definition) is 2. The van der Waals surface area contributed by atoms with Gasteiger partial charge in [0.2, 0.25) is 5.91 Å². The van der Waals surface area contributed by atoms with Crippen LogP contribution in [0.15, 0.2) is 47.3 Å². The van der Waals surface area contributed by atoms with Gasteiger partial charge in [-0.1, -0.05) is 30.3 Å². The van der Waals surface area contributed by atoms with Crippen LogP contribution in [-0.2, 0) is 31.7 Å². The molecule has 0 bridgehead atoms. The summed E-state index contributed by atoms with van der Waals surface area (Å²) in [4.78, 5) is 24.1. The highest BCUT2D eigenvalue weighted by Gasteiger charge is 2.09. The SMILES string of the molecule is Cc1ccccc1CC(=O)NCCc1ccc2c(c1)n(C)c(=O)n2C. The molecule has 1 heterocycles. The molecule has 5 heteroatoms. The van der Waals surface area contributed by atoms with E-state index in [1.54, 1.807) is 23.2 Å². The molecule has 0 spiro atoms. The number of benzene rings is 2. The Morgan fingerprint density at radius 1 is 1.04 bits per heavy atom. The summed E-state index contributed by atoms with van der Waals surface area (Å²) in [6.45, 7) is 2.60. The molecule has 0 aliphatic rings. The quantitative estimate of drug-likeness (QED) is 0.775. The number of aryl methyl sites for hydroxylation is 3. The third-order valence-corrected chi connectivity index (χ3v) is 4.68. The molecular formula is C20H23N3O2. The van der Waals surface area contributed by atoms with Gasteiger partial charge in [0.05, 0.1) is 17.5 Å². The van der Waals surface area contributed by atoms with Gasteiger partial charge in [-0.25, -0.2) is 4.79 Å². The molecule has 0 saturated carbocycles. The Hall–Kier alpha value is -2.82. The van der Waals surface area contributed by atoms with Gasteiger partial charge in [0.25, 0.3) is 0 Å². The van der Waals surface area contributed by atoms with Gasteiger partial charge in [-0.2, -0.15) is 0 Å². The van der Waals surface area contributed by atoms with Crippen LogP contribution in [0.1, 0.15) is 16.7 Å². The van der Waals surface area contributed by atoms with Crippen LogP contribution in [0.25, 0.3) is 11.0 Å². The molecule has 3 aromatic rings. The van der Waals surface area contributed by atoms with E-state index in [-0.39, 0.29) is 11.6 Å². The van der Waals surface area contributed by atoms with Gasteiger partial charge >= 0.3 is 5.69 Å². The fraction of sp³-hybridized carbons (Fsp3) is 0.300. The number of carbonyl (C=O) groups excluding carboxylic acids is 1. The summed E-state index contributed by atoms with van der Waals surface area (Å²) in [6, 6.07) is 13.9. The zero-order chi connectivity index (χ0) is 18.0. The van der Waals surface area contributed by atoms with E-state index in [4.69, 9.17) is 0 Å². The molecule has 0 radical (unpaired) electrons. The van der Waals surface area contributed by atoms with Crippen LogP contribution in [0, 0.1) is 6.92 Å². The van der Waals surface area contributed by atoms with E-state index in [0.29, 0.717) is 13.0 Å². The highest BCUT2D eigenvalue weighted by molar-refractivity contribution is 5.79. The maximum absolute atomic E-state index is 12.1. The number of amides is 1. The predicted molar refractivity (Wildman–Crippen MR) is 99.8 cm³/mol. The summed E-state index contributed by atoms with van der Waals surface area (Å²) in [5.41, 5.74) is 5.09. The van der Waals surface area contributed by atoms with Crippen molar-refractivity contribution < 1.29 is 4.79 Å². The second kappa shape index (κ2) is 6.97. The average Bonchev–Trinajstić information content (AvgIpc) is 2.81. The lowest BCUT2D eigenvalue weighted by Gasteiger charge is -2.08. The fourth-order valence-electron chi connectivity index (χ4n) is 3.10. The molecule has 1 N–H and O–H groups in total. The van der Waals surface area contributed by atoms with Gasteiger partial charge < -0.3 is 5.32 Å². The lowest BCUT2D eigenvalue weighted by molar-refractivity contribution is -0.120. The molecule has 2 aromatic carbocycles. The smallest absolute Gasteiger partial charge is 0.328 e. The monoisotopic (exact) mass is 337 g/mol. The Labute approximate surface area is 146 Å². The van der Waals surface area contributed by atoms with E-state index in [1.807, 2.05) is 49.4 Å². The number of carbonyl (C=O) groups is 1. The molecule has 0 atom stereocenters. The molecule has 0 aliphatic heterocycles. The summed E-state index contributed by atoms with van der Waals surface area (Å²) in [7, 11) is 3.55. The normalized spacial score (nSPS) is 11.0. The van der Waals surface area contributed by atoms with E-state index < -0.39 is 0 Å². The Morgan fingerprint density at radius 2 is 1.76 bits per heavy atom. The van der Waals surface area contributed by atoms with E-state index in [0.717, 1.165) is 34.1 Å². The highest BCUT2D eigenvalue weighted by Crippen LogP contribution is 2.14. The van der Waals surface area contributed by atoms with Crippen molar-refractivity contribution in [1.29, 1.82) is 0 Å². The number of nitrogens with one attached hydrogen (secondary N) is 1. The Balaban J connectivity index is 1.61. The van der Waals surface area contributed by atoms with Gasteiger partial charge in [-0.15, -0.1) is 0 Å². The van der Waals surface area contributed by atoms with E-state index in [9.17, 15) is 9.59 Å². The van der Waals surface area contributed by atoms with Gasteiger partial charge in [0.1, 0.15) is 0 Å². The summed E-state index contributed by atoms with van der Waals surface area (Å²) in [6.07, 6.45) is 1.14. The highest BCUT2D eigenvalue weighted by atomic mass is 16.2. The first-order chi connectivity index (χ1) is 12.0. The van der Waals surface area contributed by atoms with Crippen molar-refractivity contribution in [2.45, 2.75) is 19.8 Å². The third-order valence-electron chi connectivity index (χ3n) is 4.68. The van der Waals surface area contributed by atoms with Crippen LogP contribution in [0.4, 0.5) is 0 Å². The Kier molecular flexibility index (Phi) is 4.74. The second-order valence-electron chi connectivity index (χ2n) is 6.43. The van der Waals surface area contributed by atoms with Crippen LogP contribution < -0.4 is 11.0 Å². The van der Waals surface area contributed by atoms with Gasteiger partial charge in [-0.3, -0.25) is 13.9 Å². The van der Waals surface area contributed by atoms with Gasteiger partial charge in [0.15, 0.2) is 0 Å². The first-order valence-electron chi connectivity index (χ1n) is 8.43. The van der Waals surface area contributed by atoms with E-state index in [1.165, 1.54) is 0 Å². The summed E-state index contributed by atoms with van der Waals surface area (Å²) in [5.74, 6) is 0.0301. The predicted octanol–water partition coefficient (Wildman–Crippen LogP) is 2.09. The molecule has 0 unspecified atom stereocenters. The van der Waals surface area contributed by atoms with Crippen molar-refractivity contribution in [3.05, 3.63) is 69.6 Å². The Morgan fingerprint density at radius 3 is 2.52 bits per heavy atom. The second-order valence-corrected chi connectivity index (χ2v) is 6.43. The number of nitrogens with zero attached hydrogens (tertiary/aromatic N) is 2. The number of rotatable bonds is 5. The molecule has 0 saturated heterocycles. The maximum atomic E-state index is 12.1. The molecular weight excluding hydrogens is 314 g/mol. The van der Waals surface area contributed by atoms with Crippen molar-refractivity contribution in [3.63, 3.8) is 0 Å². The molecule has 0 aliphatic carbocycles. The molecule has 25 heavy (non-hydrogen) atoms. The van der Waals surface area contributed by atoms with E-state index in [2.05, 4.69) is 5.32 Å². The third kappa shape index (κ3) is 3.50. The average molecular weight is 337 g/mol. The van der Waals surface area contributed by atoms with Crippen molar-refractivity contribution in [1.82, 2.24) is 14.5 Å². The maximum Gasteiger partial charge on any atom is 0.328 e. The lowest BCUT2D eigenvalue weighted by atomic mass is 10.1. The zero-order valence-electron chi connectivity index (χ0n) is 14.9. The topological polar surface area (TPSA) is 56.0 Å². The lowest BCUT2D eigenvalue weighted by Crippen LogP contribution is -2.27. The van der Waals surface area contributed by atoms with Crippen LogP contribution in [0.5, 0.6) is 0 Å². The fourth-order valence-corrected chi connectivity index (χ4v) is 3.10. The summed E-state index contributed by atoms with van der Waals surface area (Å²) >= 11 is 0. The number of hydrogen-bond donors (Lipinski definition) is 1. The van der Waals surface area contributed by atoms with Crippen molar-refractivity contribution in [2.24, 2.45) is 14.1 Å². The van der Waals surface area contributed by atoms with Crippen LogP contribution >= 0.6 is 0 Å². The molecule has 1 amide bonds. The van der Waals surface area contributed by atoms with Gasteiger partial charge in [-0.05, 0) is 42.2 Å². The van der Waals surface area contributed by atoms with Crippen molar-refractivity contribution >= 4 is 16.9 Å². The summed E-state index contributed by atoms with van der Waals surface area (Å²) < 4.78 is 3.29. The van der Waals surface area contributed by atoms with Gasteiger partial charge in [0, 0.05) is 20.6 Å². The minimum Gasteiger partial charge on any atom is -0.355 e. The van der Waals surface area contributed by atoms with Crippen molar-refractivity contribution in [3.8, 4) is 0 Å². The first-order valence-corrected chi connectivity index (χ1v) is 8.43. The van der Waals surface area contributed by atoms with Crippen LogP contribution in [0.3, 0.4) is 0 Å². The number of fused-ring (bicyclic) bond motifs is 1. The van der Waals surface area contributed by atoms with E-state index >= 15 is 0 Å². The van der Waals surface area contributed by atoms with Crippen molar-refractivity contribution in [2.75, 3.05) is 6.54 Å². The van der Waals surface area contributed by atoms with Crippen LogP contribution in [-0.4, -0.2) is 21.6 Å².